The highest BCUT2D eigenvalue weighted by Crippen LogP contribution is 2.51. The summed E-state index contributed by atoms with van der Waals surface area (Å²) >= 11 is 0. The lowest BCUT2D eigenvalue weighted by Crippen LogP contribution is -2.12. The topological polar surface area (TPSA) is 0 Å². The third-order valence-electron chi connectivity index (χ3n) is 1.77. The van der Waals surface area contributed by atoms with Gasteiger partial charge < -0.3 is 0 Å². The minimum Gasteiger partial charge on any atom is -0.131 e. The van der Waals surface area contributed by atoms with Gasteiger partial charge in [-0.15, -0.1) is 9.24 Å². The van der Waals surface area contributed by atoms with Crippen LogP contribution in [-0.4, -0.2) is 5.16 Å². The normalized spacial score (nSPS) is 24.0. The van der Waals surface area contributed by atoms with Crippen LogP contribution in [0.15, 0.2) is 0 Å². The zero-order chi connectivity index (χ0) is 7.12. The largest absolute Gasteiger partial charge is 0.131 e. The van der Waals surface area contributed by atoms with Crippen LogP contribution in [0.3, 0.4) is 0 Å². The fraction of sp³-hybridized carbons (Fsp3) is 1.00. The molecule has 1 saturated carbocycles. The van der Waals surface area contributed by atoms with Crippen molar-refractivity contribution >= 4 is 9.24 Å². The number of hydrogen-bond donors (Lipinski definition) is 0. The van der Waals surface area contributed by atoms with Crippen molar-refractivity contribution in [3.8, 4) is 0 Å². The number of rotatable bonds is 1. The molecule has 0 bridgehead atoms. The summed E-state index contributed by atoms with van der Waals surface area (Å²) in [5, 5.41) is 0.651. The molecule has 0 aromatic carbocycles. The molecule has 1 fully saturated rings. The van der Waals surface area contributed by atoms with E-state index in [-0.39, 0.29) is 0 Å². The van der Waals surface area contributed by atoms with Crippen LogP contribution in [0.25, 0.3) is 0 Å². The highest BCUT2D eigenvalue weighted by atomic mass is 31.0. The van der Waals surface area contributed by atoms with Gasteiger partial charge in [0.05, 0.1) is 0 Å². The quantitative estimate of drug-likeness (QED) is 0.496. The highest BCUT2D eigenvalue weighted by molar-refractivity contribution is 7.19. The lowest BCUT2D eigenvalue weighted by Gasteiger charge is -2.22. The molecule has 54 valence electrons. The lowest BCUT2D eigenvalue weighted by molar-refractivity contribution is 0.366. The summed E-state index contributed by atoms with van der Waals surface area (Å²) in [5.74, 6) is 0. The zero-order valence-corrected chi connectivity index (χ0v) is 7.85. The monoisotopic (exact) mass is 144 g/mol. The van der Waals surface area contributed by atoms with Gasteiger partial charge in [-0.1, -0.05) is 20.8 Å². The predicted octanol–water partition coefficient (Wildman–Crippen LogP) is 2.83. The maximum absolute atomic E-state index is 2.99. The predicted molar refractivity (Wildman–Crippen MR) is 45.7 cm³/mol. The Kier molecular flexibility index (Phi) is 1.64. The van der Waals surface area contributed by atoms with Crippen molar-refractivity contribution < 1.29 is 0 Å². The minimum absolute atomic E-state index is 0.526. The molecule has 1 aliphatic rings. The average Bonchev–Trinajstić information content (AvgIpc) is 2.12. The van der Waals surface area contributed by atoms with Gasteiger partial charge in [0.15, 0.2) is 0 Å². The molecule has 0 aromatic rings. The standard InChI is InChI=1S/C8H17P/c1-7(2,3)6-8(9)4-5-8/h4-6,9H2,1-3H3. The summed E-state index contributed by atoms with van der Waals surface area (Å²) in [5.41, 5.74) is 0.526. The van der Waals surface area contributed by atoms with Crippen molar-refractivity contribution in [1.29, 1.82) is 0 Å². The molecule has 1 atom stereocenters. The molecule has 0 aliphatic heterocycles. The van der Waals surface area contributed by atoms with E-state index in [1.54, 1.807) is 0 Å². The Balaban J connectivity index is 2.33. The van der Waals surface area contributed by atoms with Crippen LogP contribution in [0, 0.1) is 5.41 Å². The summed E-state index contributed by atoms with van der Waals surface area (Å²) in [6, 6.07) is 0. The van der Waals surface area contributed by atoms with Crippen LogP contribution in [0.1, 0.15) is 40.0 Å². The zero-order valence-electron chi connectivity index (χ0n) is 6.70. The van der Waals surface area contributed by atoms with Gasteiger partial charge in [-0.2, -0.15) is 0 Å². The van der Waals surface area contributed by atoms with E-state index >= 15 is 0 Å². The van der Waals surface area contributed by atoms with Crippen LogP contribution in [0.5, 0.6) is 0 Å². The van der Waals surface area contributed by atoms with Crippen LogP contribution in [0.2, 0.25) is 0 Å². The molecule has 0 nitrogen and oxygen atoms in total. The third-order valence-corrected chi connectivity index (χ3v) is 2.56. The Bertz CT molecular complexity index is 103. The summed E-state index contributed by atoms with van der Waals surface area (Å²) < 4.78 is 0. The highest BCUT2D eigenvalue weighted by Gasteiger charge is 2.40. The first-order valence-corrected chi connectivity index (χ1v) is 4.28. The van der Waals surface area contributed by atoms with Gasteiger partial charge in [0, 0.05) is 0 Å². The fourth-order valence-electron chi connectivity index (χ4n) is 1.39. The van der Waals surface area contributed by atoms with E-state index in [4.69, 9.17) is 0 Å². The van der Waals surface area contributed by atoms with Crippen molar-refractivity contribution in [1.82, 2.24) is 0 Å². The molecule has 9 heavy (non-hydrogen) atoms. The maximum Gasteiger partial charge on any atom is -0.0144 e. The molecule has 0 heterocycles. The van der Waals surface area contributed by atoms with Crippen LogP contribution >= 0.6 is 9.24 Å². The summed E-state index contributed by atoms with van der Waals surface area (Å²) in [4.78, 5) is 0. The van der Waals surface area contributed by atoms with Crippen molar-refractivity contribution in [3.05, 3.63) is 0 Å². The van der Waals surface area contributed by atoms with E-state index < -0.39 is 0 Å². The Morgan fingerprint density at radius 1 is 1.33 bits per heavy atom. The minimum atomic E-state index is 0.526. The maximum atomic E-state index is 2.99. The first-order chi connectivity index (χ1) is 3.91. The van der Waals surface area contributed by atoms with Crippen molar-refractivity contribution in [2.75, 3.05) is 0 Å². The summed E-state index contributed by atoms with van der Waals surface area (Å²) in [7, 11) is 2.99. The molecule has 0 spiro atoms. The van der Waals surface area contributed by atoms with E-state index in [0.29, 0.717) is 10.6 Å². The third kappa shape index (κ3) is 2.67. The van der Waals surface area contributed by atoms with Gasteiger partial charge in [0.25, 0.3) is 0 Å². The van der Waals surface area contributed by atoms with E-state index in [0.717, 1.165) is 0 Å². The first-order valence-electron chi connectivity index (χ1n) is 3.70. The molecule has 0 radical (unpaired) electrons. The summed E-state index contributed by atoms with van der Waals surface area (Å²) in [6.45, 7) is 6.95. The van der Waals surface area contributed by atoms with E-state index in [1.807, 2.05) is 0 Å². The lowest BCUT2D eigenvalue weighted by atomic mass is 9.89. The van der Waals surface area contributed by atoms with E-state index in [2.05, 4.69) is 30.0 Å². The second kappa shape index (κ2) is 1.95. The molecular weight excluding hydrogens is 127 g/mol. The molecule has 0 aromatic heterocycles. The Labute approximate surface area is 60.6 Å². The van der Waals surface area contributed by atoms with Gasteiger partial charge >= 0.3 is 0 Å². The molecule has 1 rings (SSSR count). The van der Waals surface area contributed by atoms with Crippen molar-refractivity contribution in [2.24, 2.45) is 5.41 Å². The van der Waals surface area contributed by atoms with Gasteiger partial charge in [0.1, 0.15) is 0 Å². The van der Waals surface area contributed by atoms with Crippen LogP contribution in [0.4, 0.5) is 0 Å². The van der Waals surface area contributed by atoms with E-state index in [1.165, 1.54) is 19.3 Å². The average molecular weight is 144 g/mol. The van der Waals surface area contributed by atoms with Gasteiger partial charge in [-0.3, -0.25) is 0 Å². The molecule has 1 aliphatic carbocycles. The van der Waals surface area contributed by atoms with Crippen LogP contribution < -0.4 is 0 Å². The fourth-order valence-corrected chi connectivity index (χ4v) is 2.15. The molecule has 1 heteroatoms. The molecule has 0 N–H and O–H groups in total. The molecule has 0 saturated heterocycles. The first kappa shape index (κ1) is 7.54. The second-order valence-electron chi connectivity index (χ2n) is 4.60. The molecule has 0 amide bonds. The van der Waals surface area contributed by atoms with Crippen molar-refractivity contribution in [3.63, 3.8) is 0 Å². The van der Waals surface area contributed by atoms with Crippen LogP contribution in [-0.2, 0) is 0 Å². The SMILES string of the molecule is CC(C)(C)CC1(P)CC1. The Hall–Kier alpha value is 0.430. The van der Waals surface area contributed by atoms with Gasteiger partial charge in [0.2, 0.25) is 0 Å². The second-order valence-corrected chi connectivity index (χ2v) is 5.82. The van der Waals surface area contributed by atoms with Gasteiger partial charge in [-0.05, 0) is 29.8 Å². The Morgan fingerprint density at radius 3 is 1.89 bits per heavy atom. The Morgan fingerprint density at radius 2 is 1.78 bits per heavy atom. The summed E-state index contributed by atoms with van der Waals surface area (Å²) in [6.07, 6.45) is 4.22. The molecule has 1 unspecified atom stereocenters. The van der Waals surface area contributed by atoms with E-state index in [9.17, 15) is 0 Å². The van der Waals surface area contributed by atoms with Gasteiger partial charge in [-0.25, -0.2) is 0 Å². The van der Waals surface area contributed by atoms with Crippen molar-refractivity contribution in [2.45, 2.75) is 45.2 Å². The smallest absolute Gasteiger partial charge is 0.0144 e. The number of hydrogen-bond acceptors (Lipinski definition) is 0. The molecular formula is C8H17P.